The minimum absolute atomic E-state index is 0.108. The van der Waals surface area contributed by atoms with Gasteiger partial charge in [-0.15, -0.1) is 0 Å². The molecular weight excluding hydrogens is 424 g/mol. The van der Waals surface area contributed by atoms with Crippen LogP contribution in [0.2, 0.25) is 0 Å². The zero-order valence-corrected chi connectivity index (χ0v) is 19.2. The van der Waals surface area contributed by atoms with Crippen LogP contribution in [0.25, 0.3) is 0 Å². The van der Waals surface area contributed by atoms with Gasteiger partial charge in [-0.1, -0.05) is 49.9 Å². The van der Waals surface area contributed by atoms with Gasteiger partial charge in [-0.2, -0.15) is 4.99 Å². The van der Waals surface area contributed by atoms with Crippen molar-refractivity contribution in [1.82, 2.24) is 10.2 Å². The molecule has 2 aromatic carbocycles. The number of methoxy groups -OCH3 is 1. The third kappa shape index (κ3) is 4.70. The van der Waals surface area contributed by atoms with Crippen molar-refractivity contribution >= 4 is 40.3 Å². The molecule has 0 aliphatic carbocycles. The van der Waals surface area contributed by atoms with E-state index in [-0.39, 0.29) is 23.6 Å². The summed E-state index contributed by atoms with van der Waals surface area (Å²) in [5, 5.41) is 3.57. The largest absolute Gasteiger partial charge is 0.497 e. The highest BCUT2D eigenvalue weighted by molar-refractivity contribution is 8.14. The summed E-state index contributed by atoms with van der Waals surface area (Å²) in [6.07, 6.45) is 0.676. The van der Waals surface area contributed by atoms with Crippen LogP contribution in [-0.4, -0.2) is 46.6 Å². The number of hydrogen-bond donors (Lipinski definition) is 1. The second-order valence-corrected chi connectivity index (χ2v) is 9.06. The van der Waals surface area contributed by atoms with Gasteiger partial charge in [-0.3, -0.25) is 14.5 Å². The van der Waals surface area contributed by atoms with E-state index in [0.717, 1.165) is 22.6 Å². The summed E-state index contributed by atoms with van der Waals surface area (Å²) < 4.78 is 5.23. The maximum atomic E-state index is 12.7. The first kappa shape index (κ1) is 22.1. The average Bonchev–Trinajstić information content (AvgIpc) is 3.12. The zero-order valence-electron chi connectivity index (χ0n) is 18.4. The normalized spacial score (nSPS) is 16.9. The molecule has 2 amide bonds. The number of thioether (sulfide) groups is 1. The van der Waals surface area contributed by atoms with E-state index in [0.29, 0.717) is 29.9 Å². The third-order valence-electron chi connectivity index (χ3n) is 5.26. The van der Waals surface area contributed by atoms with Crippen molar-refractivity contribution in [3.8, 4) is 5.75 Å². The number of para-hydroxylation sites is 1. The van der Waals surface area contributed by atoms with Crippen LogP contribution in [0.1, 0.15) is 31.4 Å². The number of nitrogens with one attached hydrogen (secondary N) is 1. The minimum atomic E-state index is -0.385. The highest BCUT2D eigenvalue weighted by atomic mass is 32.2. The Bertz CT molecular complexity index is 1100. The third-order valence-corrected chi connectivity index (χ3v) is 6.21. The van der Waals surface area contributed by atoms with E-state index in [1.807, 2.05) is 53.4 Å². The second-order valence-electron chi connectivity index (χ2n) is 8.12. The number of ether oxygens (including phenoxy) is 1. The highest BCUT2D eigenvalue weighted by Gasteiger charge is 2.41. The lowest BCUT2D eigenvalue weighted by atomic mass is 10.0. The Labute approximate surface area is 192 Å². The van der Waals surface area contributed by atoms with Crippen molar-refractivity contribution < 1.29 is 14.3 Å². The Balaban J connectivity index is 1.47. The molecule has 0 saturated carbocycles. The van der Waals surface area contributed by atoms with Gasteiger partial charge in [0.1, 0.15) is 17.6 Å². The van der Waals surface area contributed by atoms with Crippen LogP contribution in [0.5, 0.6) is 5.75 Å². The summed E-state index contributed by atoms with van der Waals surface area (Å²) in [6, 6.07) is 14.9. The predicted molar refractivity (Wildman–Crippen MR) is 127 cm³/mol. The molecule has 32 heavy (non-hydrogen) atoms. The van der Waals surface area contributed by atoms with Gasteiger partial charge in [0.05, 0.1) is 18.6 Å². The molecule has 0 aromatic heterocycles. The molecule has 2 aliphatic heterocycles. The average molecular weight is 451 g/mol. The van der Waals surface area contributed by atoms with Crippen molar-refractivity contribution in [3.05, 3.63) is 59.7 Å². The summed E-state index contributed by atoms with van der Waals surface area (Å²) in [6.45, 7) is 4.58. The Morgan fingerprint density at radius 2 is 2.00 bits per heavy atom. The van der Waals surface area contributed by atoms with Crippen molar-refractivity contribution in [3.63, 3.8) is 0 Å². The van der Waals surface area contributed by atoms with Crippen LogP contribution in [0.3, 0.4) is 0 Å². The number of hydrogen-bond acceptors (Lipinski definition) is 6. The molecular formula is C24H26N4O3S. The van der Waals surface area contributed by atoms with Gasteiger partial charge in [0.25, 0.3) is 5.91 Å². The first-order valence-corrected chi connectivity index (χ1v) is 11.6. The lowest BCUT2D eigenvalue weighted by Gasteiger charge is -2.31. The van der Waals surface area contributed by atoms with Gasteiger partial charge in [-0.05, 0) is 42.2 Å². The smallest absolute Gasteiger partial charge is 0.270 e. The minimum Gasteiger partial charge on any atom is -0.497 e. The van der Waals surface area contributed by atoms with Crippen LogP contribution in [0.15, 0.2) is 58.5 Å². The number of aliphatic imine (C=N–C) groups is 2. The van der Waals surface area contributed by atoms with E-state index in [1.165, 1.54) is 11.8 Å². The molecule has 7 nitrogen and oxygen atoms in total. The summed E-state index contributed by atoms with van der Waals surface area (Å²) in [5.74, 6) is 1.64. The number of amides is 2. The summed E-state index contributed by atoms with van der Waals surface area (Å²) in [5.41, 5.74) is 2.57. The molecule has 2 heterocycles. The van der Waals surface area contributed by atoms with Crippen molar-refractivity contribution in [2.24, 2.45) is 15.9 Å². The Hall–Kier alpha value is -3.13. The predicted octanol–water partition coefficient (Wildman–Crippen LogP) is 3.75. The fourth-order valence-corrected chi connectivity index (χ4v) is 4.62. The van der Waals surface area contributed by atoms with Gasteiger partial charge < -0.3 is 10.1 Å². The van der Waals surface area contributed by atoms with Crippen LogP contribution >= 0.6 is 11.8 Å². The molecule has 4 rings (SSSR count). The lowest BCUT2D eigenvalue weighted by molar-refractivity contribution is -0.120. The topological polar surface area (TPSA) is 83.4 Å². The fraction of sp³-hybridized carbons (Fsp3) is 0.333. The van der Waals surface area contributed by atoms with E-state index in [2.05, 4.69) is 24.2 Å². The van der Waals surface area contributed by atoms with Gasteiger partial charge in [0.15, 0.2) is 5.17 Å². The molecule has 0 fully saturated rings. The highest BCUT2D eigenvalue weighted by Crippen LogP contribution is 2.35. The SMILES string of the molecule is COc1cccc(CNC(=O)CSC2=Nc3ccccc3C3=NC(=O)C(CC(C)C)N23)c1. The molecule has 1 unspecified atom stereocenters. The van der Waals surface area contributed by atoms with E-state index in [9.17, 15) is 9.59 Å². The monoisotopic (exact) mass is 450 g/mol. The molecule has 2 aromatic rings. The van der Waals surface area contributed by atoms with Crippen molar-refractivity contribution in [2.45, 2.75) is 32.9 Å². The van der Waals surface area contributed by atoms with Crippen LogP contribution in [-0.2, 0) is 16.1 Å². The Morgan fingerprint density at radius 1 is 1.19 bits per heavy atom. The number of nitrogens with zero attached hydrogens (tertiary/aromatic N) is 3. The molecule has 0 saturated heterocycles. The van der Waals surface area contributed by atoms with E-state index in [4.69, 9.17) is 9.73 Å². The summed E-state index contributed by atoms with van der Waals surface area (Å²) in [4.78, 5) is 36.3. The number of amidine groups is 2. The van der Waals surface area contributed by atoms with E-state index < -0.39 is 0 Å². The second kappa shape index (κ2) is 9.56. The number of fused-ring (bicyclic) bond motifs is 3. The molecule has 1 atom stereocenters. The van der Waals surface area contributed by atoms with Gasteiger partial charge in [-0.25, -0.2) is 4.99 Å². The van der Waals surface area contributed by atoms with Gasteiger partial charge in [0.2, 0.25) is 5.91 Å². The number of benzene rings is 2. The van der Waals surface area contributed by atoms with Crippen LogP contribution < -0.4 is 10.1 Å². The first-order valence-electron chi connectivity index (χ1n) is 10.6. The molecule has 166 valence electrons. The summed E-state index contributed by atoms with van der Waals surface area (Å²) in [7, 11) is 1.62. The molecule has 0 spiro atoms. The van der Waals surface area contributed by atoms with Crippen molar-refractivity contribution in [1.29, 1.82) is 0 Å². The zero-order chi connectivity index (χ0) is 22.7. The standard InChI is InChI=1S/C24H26N4O3S/c1-15(2)11-20-23(30)27-22-18-9-4-5-10-19(18)26-24(28(20)22)32-14-21(29)25-13-16-7-6-8-17(12-16)31-3/h4-10,12,15,20H,11,13-14H2,1-3H3,(H,25,29). The van der Waals surface area contributed by atoms with Gasteiger partial charge in [0, 0.05) is 12.1 Å². The Kier molecular flexibility index (Phi) is 6.60. The molecule has 1 N–H and O–H groups in total. The van der Waals surface area contributed by atoms with Crippen LogP contribution in [0.4, 0.5) is 5.69 Å². The lowest BCUT2D eigenvalue weighted by Crippen LogP contribution is -2.44. The molecule has 2 aliphatic rings. The molecule has 0 bridgehead atoms. The maximum absolute atomic E-state index is 12.7. The maximum Gasteiger partial charge on any atom is 0.270 e. The number of carbonyl (C=O) groups excluding carboxylic acids is 2. The van der Waals surface area contributed by atoms with Crippen LogP contribution in [0, 0.1) is 5.92 Å². The summed E-state index contributed by atoms with van der Waals surface area (Å²) >= 11 is 1.33. The molecule has 8 heteroatoms. The Morgan fingerprint density at radius 3 is 2.78 bits per heavy atom. The number of rotatable bonds is 7. The van der Waals surface area contributed by atoms with E-state index in [1.54, 1.807) is 7.11 Å². The quantitative estimate of drug-likeness (QED) is 0.695. The van der Waals surface area contributed by atoms with Gasteiger partial charge >= 0.3 is 0 Å². The molecule has 0 radical (unpaired) electrons. The fourth-order valence-electron chi connectivity index (χ4n) is 3.74. The first-order chi connectivity index (χ1) is 15.5. The number of carbonyl (C=O) groups is 2. The van der Waals surface area contributed by atoms with Crippen molar-refractivity contribution in [2.75, 3.05) is 12.9 Å². The van der Waals surface area contributed by atoms with E-state index >= 15 is 0 Å².